The van der Waals surface area contributed by atoms with Gasteiger partial charge in [-0.1, -0.05) is 0 Å². The minimum absolute atomic E-state index is 0.0601. The zero-order chi connectivity index (χ0) is 15.5. The number of methoxy groups -OCH3 is 1. The predicted octanol–water partition coefficient (Wildman–Crippen LogP) is 1.59. The fourth-order valence-electron chi connectivity index (χ4n) is 2.49. The zero-order valence-corrected chi connectivity index (χ0v) is 14.4. The van der Waals surface area contributed by atoms with Gasteiger partial charge in [-0.2, -0.15) is 5.10 Å². The van der Waals surface area contributed by atoms with Crippen LogP contribution in [-0.4, -0.2) is 66.0 Å². The largest absolute Gasteiger partial charge is 0.383 e. The van der Waals surface area contributed by atoms with Crippen molar-refractivity contribution in [2.45, 2.75) is 25.9 Å². The van der Waals surface area contributed by atoms with Crippen LogP contribution in [0.5, 0.6) is 0 Å². The minimum atomic E-state index is -0.586. The van der Waals surface area contributed by atoms with Crippen molar-refractivity contribution in [2.24, 2.45) is 0 Å². The lowest BCUT2D eigenvalue weighted by atomic mass is 9.93. The number of ketones is 1. The molecule has 0 amide bonds. The Kier molecular flexibility index (Phi) is 5.54. The Labute approximate surface area is 133 Å². The lowest BCUT2D eigenvalue weighted by molar-refractivity contribution is -0.00473. The van der Waals surface area contributed by atoms with Crippen LogP contribution in [0.15, 0.2) is 10.7 Å². The van der Waals surface area contributed by atoms with Crippen LogP contribution < -0.4 is 0 Å². The molecule has 1 aromatic heterocycles. The highest BCUT2D eigenvalue weighted by Gasteiger charge is 2.38. The molecular formula is C14H22BrN3O3. The fourth-order valence-corrected chi connectivity index (χ4v) is 2.97. The Hall–Kier alpha value is -0.760. The highest BCUT2D eigenvalue weighted by atomic mass is 79.9. The summed E-state index contributed by atoms with van der Waals surface area (Å²) in [6.45, 7) is 7.86. The molecule has 1 aromatic rings. The van der Waals surface area contributed by atoms with Crippen molar-refractivity contribution >= 4 is 21.7 Å². The molecule has 0 aliphatic carbocycles. The van der Waals surface area contributed by atoms with Crippen LogP contribution >= 0.6 is 15.9 Å². The number of hydrogen-bond acceptors (Lipinski definition) is 5. The molecule has 7 heteroatoms. The maximum Gasteiger partial charge on any atom is 0.201 e. The average Bonchev–Trinajstić information content (AvgIpc) is 2.86. The lowest BCUT2D eigenvalue weighted by Crippen LogP contribution is -2.54. The molecule has 0 N–H and O–H groups in total. The quantitative estimate of drug-likeness (QED) is 0.721. The maximum absolute atomic E-state index is 13.0. The minimum Gasteiger partial charge on any atom is -0.383 e. The van der Waals surface area contributed by atoms with E-state index < -0.39 is 5.54 Å². The summed E-state index contributed by atoms with van der Waals surface area (Å²) in [7, 11) is 1.64. The topological polar surface area (TPSA) is 56.6 Å². The highest BCUT2D eigenvalue weighted by Crippen LogP contribution is 2.26. The van der Waals surface area contributed by atoms with Crippen molar-refractivity contribution in [3.8, 4) is 0 Å². The third kappa shape index (κ3) is 3.53. The molecule has 0 radical (unpaired) electrons. The molecule has 118 valence electrons. The van der Waals surface area contributed by atoms with E-state index in [0.29, 0.717) is 32.1 Å². The van der Waals surface area contributed by atoms with Crippen LogP contribution in [0.3, 0.4) is 0 Å². The molecule has 1 aliphatic rings. The molecule has 0 aromatic carbocycles. The van der Waals surface area contributed by atoms with Gasteiger partial charge in [0.05, 0.1) is 42.6 Å². The zero-order valence-electron chi connectivity index (χ0n) is 12.8. The Bertz CT molecular complexity index is 496. The number of Topliss-reactive ketones (excluding diaryl/α,β-unsaturated/α-hetero) is 1. The van der Waals surface area contributed by atoms with Crippen molar-refractivity contribution in [3.63, 3.8) is 0 Å². The molecule has 2 rings (SSSR count). The first kappa shape index (κ1) is 16.6. The standard InChI is InChI=1S/C14H22BrN3O3/c1-14(2,17-4-8-21-9-5-17)13(19)12-11(15)10-16-18(12)6-7-20-3/h10H,4-9H2,1-3H3. The molecule has 1 fully saturated rings. The number of hydrogen-bond donors (Lipinski definition) is 0. The average molecular weight is 360 g/mol. The van der Waals surface area contributed by atoms with Crippen molar-refractivity contribution < 1.29 is 14.3 Å². The SMILES string of the molecule is COCCn1ncc(Br)c1C(=O)C(C)(C)N1CCOCC1. The van der Waals surface area contributed by atoms with Gasteiger partial charge in [0.25, 0.3) is 0 Å². The van der Waals surface area contributed by atoms with Gasteiger partial charge in [-0.3, -0.25) is 14.4 Å². The summed E-state index contributed by atoms with van der Waals surface area (Å²) < 4.78 is 12.9. The van der Waals surface area contributed by atoms with E-state index in [-0.39, 0.29) is 5.78 Å². The molecule has 0 saturated carbocycles. The normalized spacial score (nSPS) is 17.1. The van der Waals surface area contributed by atoms with E-state index in [2.05, 4.69) is 25.9 Å². The number of carbonyl (C=O) groups excluding carboxylic acids is 1. The lowest BCUT2D eigenvalue weighted by Gasteiger charge is -2.39. The summed E-state index contributed by atoms with van der Waals surface area (Å²) >= 11 is 3.44. The van der Waals surface area contributed by atoms with Gasteiger partial charge in [0.1, 0.15) is 5.69 Å². The van der Waals surface area contributed by atoms with Crippen LogP contribution in [0.25, 0.3) is 0 Å². The van der Waals surface area contributed by atoms with Crippen LogP contribution in [0.4, 0.5) is 0 Å². The van der Waals surface area contributed by atoms with E-state index in [1.807, 2.05) is 13.8 Å². The Balaban J connectivity index is 2.23. The summed E-state index contributed by atoms with van der Waals surface area (Å²) in [5, 5.41) is 4.26. The molecule has 2 heterocycles. The third-order valence-corrected chi connectivity index (χ3v) is 4.45. The number of carbonyl (C=O) groups is 1. The summed E-state index contributed by atoms with van der Waals surface area (Å²) in [6, 6.07) is 0. The van der Waals surface area contributed by atoms with E-state index in [0.717, 1.165) is 17.6 Å². The van der Waals surface area contributed by atoms with Gasteiger partial charge in [-0.25, -0.2) is 0 Å². The van der Waals surface area contributed by atoms with Crippen molar-refractivity contribution in [1.29, 1.82) is 0 Å². The van der Waals surface area contributed by atoms with Crippen LogP contribution in [0.2, 0.25) is 0 Å². The van der Waals surface area contributed by atoms with Crippen molar-refractivity contribution in [2.75, 3.05) is 40.0 Å². The maximum atomic E-state index is 13.0. The van der Waals surface area contributed by atoms with E-state index in [1.54, 1.807) is 18.0 Å². The molecule has 6 nitrogen and oxygen atoms in total. The van der Waals surface area contributed by atoms with Gasteiger partial charge in [0.15, 0.2) is 0 Å². The van der Waals surface area contributed by atoms with E-state index in [1.165, 1.54) is 0 Å². The number of halogens is 1. The molecule has 1 aliphatic heterocycles. The molecule has 0 atom stereocenters. The Morgan fingerprint density at radius 2 is 2.14 bits per heavy atom. The van der Waals surface area contributed by atoms with Gasteiger partial charge in [-0.05, 0) is 29.8 Å². The van der Waals surface area contributed by atoms with E-state index in [4.69, 9.17) is 9.47 Å². The summed E-state index contributed by atoms with van der Waals surface area (Å²) in [6.07, 6.45) is 1.66. The molecule has 0 bridgehead atoms. The Morgan fingerprint density at radius 3 is 2.76 bits per heavy atom. The predicted molar refractivity (Wildman–Crippen MR) is 82.6 cm³/mol. The molecular weight excluding hydrogens is 338 g/mol. The number of rotatable bonds is 6. The molecule has 1 saturated heterocycles. The second kappa shape index (κ2) is 7.00. The second-order valence-electron chi connectivity index (χ2n) is 5.54. The van der Waals surface area contributed by atoms with E-state index in [9.17, 15) is 4.79 Å². The van der Waals surface area contributed by atoms with Gasteiger partial charge in [0.2, 0.25) is 5.78 Å². The second-order valence-corrected chi connectivity index (χ2v) is 6.40. The number of aromatic nitrogens is 2. The first-order chi connectivity index (χ1) is 9.98. The molecule has 0 spiro atoms. The fraction of sp³-hybridized carbons (Fsp3) is 0.714. The summed E-state index contributed by atoms with van der Waals surface area (Å²) in [5.74, 6) is 0.0601. The van der Waals surface area contributed by atoms with Crippen LogP contribution in [0, 0.1) is 0 Å². The van der Waals surface area contributed by atoms with Gasteiger partial charge < -0.3 is 9.47 Å². The summed E-state index contributed by atoms with van der Waals surface area (Å²) in [5.41, 5.74) is 0.0143. The first-order valence-electron chi connectivity index (χ1n) is 7.06. The van der Waals surface area contributed by atoms with E-state index >= 15 is 0 Å². The first-order valence-corrected chi connectivity index (χ1v) is 7.85. The number of morpholine rings is 1. The van der Waals surface area contributed by atoms with Gasteiger partial charge in [0, 0.05) is 20.2 Å². The van der Waals surface area contributed by atoms with Gasteiger partial charge in [-0.15, -0.1) is 0 Å². The highest BCUT2D eigenvalue weighted by molar-refractivity contribution is 9.10. The Morgan fingerprint density at radius 1 is 1.48 bits per heavy atom. The molecule has 21 heavy (non-hydrogen) atoms. The van der Waals surface area contributed by atoms with Crippen LogP contribution in [0.1, 0.15) is 24.3 Å². The third-order valence-electron chi connectivity index (χ3n) is 3.87. The van der Waals surface area contributed by atoms with Crippen molar-refractivity contribution in [3.05, 3.63) is 16.4 Å². The smallest absolute Gasteiger partial charge is 0.201 e. The number of ether oxygens (including phenoxy) is 2. The molecule has 0 unspecified atom stereocenters. The monoisotopic (exact) mass is 359 g/mol. The van der Waals surface area contributed by atoms with Crippen LogP contribution in [-0.2, 0) is 16.0 Å². The van der Waals surface area contributed by atoms with Crippen molar-refractivity contribution in [1.82, 2.24) is 14.7 Å². The summed E-state index contributed by atoms with van der Waals surface area (Å²) in [4.78, 5) is 15.2. The van der Waals surface area contributed by atoms with Gasteiger partial charge >= 0.3 is 0 Å². The number of nitrogens with zero attached hydrogens (tertiary/aromatic N) is 3.